The van der Waals surface area contributed by atoms with E-state index >= 15 is 0 Å². The molecule has 0 aliphatic rings. The van der Waals surface area contributed by atoms with Gasteiger partial charge in [0, 0.05) is 0 Å². The summed E-state index contributed by atoms with van der Waals surface area (Å²) in [4.78, 5) is 0. The van der Waals surface area contributed by atoms with Crippen molar-refractivity contribution >= 4 is 0 Å². The Bertz CT molecular complexity index is 157. The van der Waals surface area contributed by atoms with E-state index in [-0.39, 0.29) is 12.0 Å². The van der Waals surface area contributed by atoms with Crippen LogP contribution in [0.15, 0.2) is 12.3 Å². The molecule has 0 saturated heterocycles. The summed E-state index contributed by atoms with van der Waals surface area (Å²) in [5, 5.41) is 9.30. The van der Waals surface area contributed by atoms with Gasteiger partial charge in [0.25, 0.3) is 0 Å². The van der Waals surface area contributed by atoms with E-state index in [1.54, 1.807) is 20.8 Å². The van der Waals surface area contributed by atoms with Gasteiger partial charge in [-0.15, -0.1) is 0 Å². The highest BCUT2D eigenvalue weighted by Crippen LogP contribution is 2.19. The third kappa shape index (κ3) is 5.07. The maximum absolute atomic E-state index is 11.4. The number of aliphatic hydroxyl groups is 1. The molecule has 0 aromatic carbocycles. The van der Waals surface area contributed by atoms with Crippen LogP contribution in [0, 0.1) is 5.41 Å². The third-order valence-electron chi connectivity index (χ3n) is 1.43. The van der Waals surface area contributed by atoms with Gasteiger partial charge in [-0.3, -0.25) is 0 Å². The van der Waals surface area contributed by atoms with E-state index in [0.29, 0.717) is 6.26 Å². The average molecular weight is 180 g/mol. The Kier molecular flexibility index (Phi) is 4.17. The van der Waals surface area contributed by atoms with Gasteiger partial charge in [0.05, 0.1) is 6.10 Å². The lowest BCUT2D eigenvalue weighted by Crippen LogP contribution is -2.29. The lowest BCUT2D eigenvalue weighted by molar-refractivity contribution is 0.00558. The van der Waals surface area contributed by atoms with Gasteiger partial charge in [-0.1, -0.05) is 20.8 Å². The van der Waals surface area contributed by atoms with Crippen LogP contribution in [-0.4, -0.2) is 17.8 Å². The first-order valence-corrected chi connectivity index (χ1v) is 3.65. The largest absolute Gasteiger partial charge is 0.493 e. The lowest BCUT2D eigenvalue weighted by atomic mass is 9.90. The van der Waals surface area contributed by atoms with E-state index in [1.807, 2.05) is 0 Å². The molecular formula is C8H14F2O2. The molecule has 0 fully saturated rings. The Morgan fingerprint density at radius 2 is 2.00 bits per heavy atom. The normalized spacial score (nSPS) is 13.8. The van der Waals surface area contributed by atoms with Crippen LogP contribution in [-0.2, 0) is 4.74 Å². The van der Waals surface area contributed by atoms with E-state index in [2.05, 4.69) is 4.74 Å². The van der Waals surface area contributed by atoms with Gasteiger partial charge in [0.15, 0.2) is 0 Å². The molecule has 12 heavy (non-hydrogen) atoms. The van der Waals surface area contributed by atoms with Crippen molar-refractivity contribution in [3.8, 4) is 0 Å². The van der Waals surface area contributed by atoms with Crippen LogP contribution in [0.4, 0.5) is 8.78 Å². The first-order chi connectivity index (χ1) is 5.34. The highest BCUT2D eigenvalue weighted by atomic mass is 19.3. The number of rotatable bonds is 3. The number of ether oxygens (including phenoxy) is 1. The molecule has 2 nitrogen and oxygen atoms in total. The standard InChI is InChI=1S/C8H14F2O2/c1-8(2,3)6(11)4-12-5-7(9)10/h5-6,11H,4H2,1-3H3. The van der Waals surface area contributed by atoms with Crippen LogP contribution in [0.25, 0.3) is 0 Å². The van der Waals surface area contributed by atoms with Gasteiger partial charge < -0.3 is 9.84 Å². The summed E-state index contributed by atoms with van der Waals surface area (Å²) >= 11 is 0. The molecule has 0 spiro atoms. The second-order valence-electron chi connectivity index (χ2n) is 3.62. The van der Waals surface area contributed by atoms with E-state index in [9.17, 15) is 13.9 Å². The van der Waals surface area contributed by atoms with Crippen molar-refractivity contribution in [1.82, 2.24) is 0 Å². The van der Waals surface area contributed by atoms with Crippen LogP contribution >= 0.6 is 0 Å². The van der Waals surface area contributed by atoms with Crippen molar-refractivity contribution in [3.05, 3.63) is 12.3 Å². The zero-order chi connectivity index (χ0) is 9.78. The molecule has 72 valence electrons. The zero-order valence-electron chi connectivity index (χ0n) is 7.47. The third-order valence-corrected chi connectivity index (χ3v) is 1.43. The molecule has 1 N–H and O–H groups in total. The Morgan fingerprint density at radius 1 is 1.50 bits per heavy atom. The van der Waals surface area contributed by atoms with Crippen molar-refractivity contribution in [2.24, 2.45) is 5.41 Å². The van der Waals surface area contributed by atoms with E-state index < -0.39 is 12.2 Å². The topological polar surface area (TPSA) is 29.5 Å². The Balaban J connectivity index is 3.73. The maximum atomic E-state index is 11.4. The summed E-state index contributed by atoms with van der Waals surface area (Å²) < 4.78 is 27.3. The van der Waals surface area contributed by atoms with Crippen LogP contribution in [0.1, 0.15) is 20.8 Å². The summed E-state index contributed by atoms with van der Waals surface area (Å²) in [6.07, 6.45) is -2.29. The first kappa shape index (κ1) is 11.4. The van der Waals surface area contributed by atoms with E-state index in [4.69, 9.17) is 0 Å². The summed E-state index contributed by atoms with van der Waals surface area (Å²) in [6.45, 7) is 5.30. The summed E-state index contributed by atoms with van der Waals surface area (Å²) in [6, 6.07) is 0. The van der Waals surface area contributed by atoms with Crippen LogP contribution < -0.4 is 0 Å². The molecule has 0 saturated carbocycles. The smallest absolute Gasteiger partial charge is 0.304 e. The predicted molar refractivity (Wildman–Crippen MR) is 41.7 cm³/mol. The van der Waals surface area contributed by atoms with Crippen molar-refractivity contribution in [2.45, 2.75) is 26.9 Å². The van der Waals surface area contributed by atoms with Crippen molar-refractivity contribution in [3.63, 3.8) is 0 Å². The molecule has 0 amide bonds. The molecule has 1 unspecified atom stereocenters. The second kappa shape index (κ2) is 4.40. The van der Waals surface area contributed by atoms with Gasteiger partial charge in [0.2, 0.25) is 0 Å². The van der Waals surface area contributed by atoms with Gasteiger partial charge in [-0.25, -0.2) is 0 Å². The van der Waals surface area contributed by atoms with E-state index in [1.165, 1.54) is 0 Å². The molecule has 1 atom stereocenters. The highest BCUT2D eigenvalue weighted by molar-refractivity contribution is 4.75. The minimum atomic E-state index is -1.89. The molecule has 0 aliphatic carbocycles. The van der Waals surface area contributed by atoms with Crippen molar-refractivity contribution in [2.75, 3.05) is 6.61 Å². The molecule has 0 bridgehead atoms. The Morgan fingerprint density at radius 3 is 2.33 bits per heavy atom. The van der Waals surface area contributed by atoms with Gasteiger partial charge >= 0.3 is 6.08 Å². The molecule has 0 rings (SSSR count). The van der Waals surface area contributed by atoms with Crippen molar-refractivity contribution in [1.29, 1.82) is 0 Å². The fraction of sp³-hybridized carbons (Fsp3) is 0.750. The monoisotopic (exact) mass is 180 g/mol. The van der Waals surface area contributed by atoms with E-state index in [0.717, 1.165) is 0 Å². The second-order valence-corrected chi connectivity index (χ2v) is 3.62. The maximum Gasteiger partial charge on any atom is 0.304 e. The van der Waals surface area contributed by atoms with Gasteiger partial charge in [0.1, 0.15) is 12.9 Å². The molecular weight excluding hydrogens is 166 g/mol. The summed E-state index contributed by atoms with van der Waals surface area (Å²) in [7, 11) is 0. The number of halogens is 2. The molecule has 0 heterocycles. The van der Waals surface area contributed by atoms with Crippen LogP contribution in [0.3, 0.4) is 0 Å². The number of hydrogen-bond donors (Lipinski definition) is 1. The van der Waals surface area contributed by atoms with Gasteiger partial charge in [-0.2, -0.15) is 8.78 Å². The molecule has 0 aliphatic heterocycles. The molecule has 0 aromatic heterocycles. The fourth-order valence-corrected chi connectivity index (χ4v) is 0.452. The molecule has 0 radical (unpaired) electrons. The van der Waals surface area contributed by atoms with Crippen molar-refractivity contribution < 1.29 is 18.6 Å². The predicted octanol–water partition coefficient (Wildman–Crippen LogP) is 2.15. The summed E-state index contributed by atoms with van der Waals surface area (Å²) in [5.74, 6) is 0. The number of aliphatic hydroxyl groups excluding tert-OH is 1. The summed E-state index contributed by atoms with van der Waals surface area (Å²) in [5.41, 5.74) is -0.347. The first-order valence-electron chi connectivity index (χ1n) is 3.65. The molecule has 0 aromatic rings. The van der Waals surface area contributed by atoms with Crippen LogP contribution in [0.2, 0.25) is 0 Å². The lowest BCUT2D eigenvalue weighted by Gasteiger charge is -2.24. The average Bonchev–Trinajstić information content (AvgIpc) is 1.84. The quantitative estimate of drug-likeness (QED) is 0.674. The minimum Gasteiger partial charge on any atom is -0.493 e. The van der Waals surface area contributed by atoms with Crippen LogP contribution in [0.5, 0.6) is 0 Å². The Hall–Kier alpha value is -0.640. The highest BCUT2D eigenvalue weighted by Gasteiger charge is 2.22. The van der Waals surface area contributed by atoms with Gasteiger partial charge in [-0.05, 0) is 5.41 Å². The SMILES string of the molecule is CC(C)(C)C(O)COC=C(F)F. The zero-order valence-corrected chi connectivity index (χ0v) is 7.47. The Labute approximate surface area is 70.8 Å². The number of hydrogen-bond acceptors (Lipinski definition) is 2. The molecule has 4 heteroatoms. The minimum absolute atomic E-state index is 0.110. The fourth-order valence-electron chi connectivity index (χ4n) is 0.452.